The first-order valence-corrected chi connectivity index (χ1v) is 15.2. The number of hydrogen-bond acceptors (Lipinski definition) is 4. The number of nitrogens with zero attached hydrogens (tertiary/aromatic N) is 4. The molecule has 0 spiro atoms. The Bertz CT molecular complexity index is 2350. The topological polar surface area (TPSA) is 62.5 Å². The van der Waals surface area contributed by atoms with E-state index in [9.17, 15) is 5.26 Å². The molecule has 0 aliphatic carbocycles. The van der Waals surface area contributed by atoms with Gasteiger partial charge in [0.2, 0.25) is 0 Å². The van der Waals surface area contributed by atoms with E-state index in [1.807, 2.05) is 60.7 Å². The highest BCUT2D eigenvalue weighted by Crippen LogP contribution is 2.41. The molecule has 8 rings (SSSR count). The van der Waals surface area contributed by atoms with Crippen molar-refractivity contribution in [1.82, 2.24) is 15.0 Å². The molecule has 0 bridgehead atoms. The van der Waals surface area contributed by atoms with E-state index < -0.39 is 0 Å². The molecule has 0 aliphatic rings. The molecule has 8 aromatic rings. The minimum atomic E-state index is 0.643. The Morgan fingerprint density at radius 2 is 0.957 bits per heavy atom. The smallest absolute Gasteiger partial charge is 0.0991 e. The molecule has 3 aromatic heterocycles. The van der Waals surface area contributed by atoms with Crippen LogP contribution in [0.25, 0.3) is 77.7 Å². The van der Waals surface area contributed by atoms with Crippen molar-refractivity contribution in [2.24, 2.45) is 0 Å². The van der Waals surface area contributed by atoms with Crippen LogP contribution in [0.15, 0.2) is 158 Å². The molecular weight excluding hydrogens is 560 g/mol. The van der Waals surface area contributed by atoms with Crippen LogP contribution in [0.5, 0.6) is 0 Å². The lowest BCUT2D eigenvalue weighted by Gasteiger charge is -2.17. The van der Waals surface area contributed by atoms with Crippen molar-refractivity contribution < 1.29 is 0 Å². The molecule has 0 fully saturated rings. The number of fused-ring (bicyclic) bond motifs is 2. The number of benzene rings is 5. The van der Waals surface area contributed by atoms with Crippen molar-refractivity contribution in [2.75, 3.05) is 0 Å². The van der Waals surface area contributed by atoms with E-state index >= 15 is 0 Å². The van der Waals surface area contributed by atoms with E-state index in [2.05, 4.69) is 101 Å². The SMILES string of the molecule is N#Cc1ccc(-c2cc3ccccc3cc2-c2cc(-c3cc(-c4ccccn4)nc(-c4ccccn4)c3)c3ccccc3c2)cc1. The van der Waals surface area contributed by atoms with Crippen LogP contribution in [-0.2, 0) is 0 Å². The molecule has 0 unspecified atom stereocenters. The molecule has 0 radical (unpaired) electrons. The lowest BCUT2D eigenvalue weighted by molar-refractivity contribution is 1.22. The summed E-state index contributed by atoms with van der Waals surface area (Å²) in [7, 11) is 0. The summed E-state index contributed by atoms with van der Waals surface area (Å²) in [4.78, 5) is 14.3. The van der Waals surface area contributed by atoms with Crippen LogP contribution < -0.4 is 0 Å². The first kappa shape index (κ1) is 27.1. The lowest BCUT2D eigenvalue weighted by atomic mass is 9.87. The van der Waals surface area contributed by atoms with Crippen molar-refractivity contribution in [3.8, 4) is 62.2 Å². The summed E-state index contributed by atoms with van der Waals surface area (Å²) >= 11 is 0. The van der Waals surface area contributed by atoms with Crippen LogP contribution in [0.2, 0.25) is 0 Å². The van der Waals surface area contributed by atoms with Crippen LogP contribution in [0.3, 0.4) is 0 Å². The van der Waals surface area contributed by atoms with Crippen molar-refractivity contribution in [3.63, 3.8) is 0 Å². The summed E-state index contributed by atoms with van der Waals surface area (Å²) < 4.78 is 0. The van der Waals surface area contributed by atoms with Crippen LogP contribution >= 0.6 is 0 Å². The molecule has 46 heavy (non-hydrogen) atoms. The maximum absolute atomic E-state index is 9.43. The van der Waals surface area contributed by atoms with Gasteiger partial charge in [-0.25, -0.2) is 4.98 Å². The minimum absolute atomic E-state index is 0.643. The Labute approximate surface area is 266 Å². The third-order valence-electron chi connectivity index (χ3n) is 8.37. The van der Waals surface area contributed by atoms with E-state index in [1.165, 1.54) is 10.8 Å². The van der Waals surface area contributed by atoms with Crippen LogP contribution in [0, 0.1) is 11.3 Å². The van der Waals surface area contributed by atoms with Crippen LogP contribution in [-0.4, -0.2) is 15.0 Å². The number of nitriles is 1. The average Bonchev–Trinajstić information content (AvgIpc) is 3.14. The number of rotatable bonds is 5. The first-order valence-electron chi connectivity index (χ1n) is 15.2. The number of hydrogen-bond donors (Lipinski definition) is 0. The van der Waals surface area contributed by atoms with Gasteiger partial charge in [0.1, 0.15) is 0 Å². The maximum Gasteiger partial charge on any atom is 0.0991 e. The van der Waals surface area contributed by atoms with Crippen LogP contribution in [0.1, 0.15) is 5.56 Å². The summed E-state index contributed by atoms with van der Waals surface area (Å²) in [6.45, 7) is 0. The molecule has 5 aromatic carbocycles. The molecular formula is C42H26N4. The van der Waals surface area contributed by atoms with Crippen molar-refractivity contribution in [2.45, 2.75) is 0 Å². The molecule has 0 saturated carbocycles. The third-order valence-corrected chi connectivity index (χ3v) is 8.37. The zero-order chi connectivity index (χ0) is 30.9. The summed E-state index contributed by atoms with van der Waals surface area (Å²) in [5.41, 5.74) is 10.4. The van der Waals surface area contributed by atoms with Gasteiger partial charge in [-0.1, -0.05) is 72.8 Å². The Kier molecular flexibility index (Phi) is 6.83. The predicted molar refractivity (Wildman–Crippen MR) is 187 cm³/mol. The van der Waals surface area contributed by atoms with Crippen molar-refractivity contribution >= 4 is 21.5 Å². The van der Waals surface area contributed by atoms with Gasteiger partial charge in [-0.3, -0.25) is 9.97 Å². The van der Waals surface area contributed by atoms with Gasteiger partial charge in [0.15, 0.2) is 0 Å². The largest absolute Gasteiger partial charge is 0.255 e. The molecule has 0 saturated heterocycles. The van der Waals surface area contributed by atoms with Gasteiger partial charge in [-0.05, 0) is 128 Å². The Hall–Kier alpha value is -6.44. The average molecular weight is 587 g/mol. The quantitative estimate of drug-likeness (QED) is 0.201. The summed E-state index contributed by atoms with van der Waals surface area (Å²) in [6, 6.07) is 52.2. The molecule has 214 valence electrons. The first-order chi connectivity index (χ1) is 22.7. The monoisotopic (exact) mass is 586 g/mol. The normalized spacial score (nSPS) is 11.0. The van der Waals surface area contributed by atoms with E-state index in [-0.39, 0.29) is 0 Å². The molecule has 4 nitrogen and oxygen atoms in total. The molecule has 0 amide bonds. The molecule has 4 heteroatoms. The van der Waals surface area contributed by atoms with Crippen LogP contribution in [0.4, 0.5) is 0 Å². The highest BCUT2D eigenvalue weighted by molar-refractivity contribution is 6.04. The third kappa shape index (κ3) is 5.06. The zero-order valence-corrected chi connectivity index (χ0v) is 24.8. The van der Waals surface area contributed by atoms with Gasteiger partial charge >= 0.3 is 0 Å². The fourth-order valence-corrected chi connectivity index (χ4v) is 6.12. The van der Waals surface area contributed by atoms with Gasteiger partial charge in [0.05, 0.1) is 34.4 Å². The summed E-state index contributed by atoms with van der Waals surface area (Å²) in [5.74, 6) is 0. The molecule has 0 aliphatic heterocycles. The fourth-order valence-electron chi connectivity index (χ4n) is 6.12. The summed E-state index contributed by atoms with van der Waals surface area (Å²) in [6.07, 6.45) is 3.59. The molecule has 3 heterocycles. The molecule has 0 N–H and O–H groups in total. The van der Waals surface area contributed by atoms with E-state index in [4.69, 9.17) is 4.98 Å². The van der Waals surface area contributed by atoms with Gasteiger partial charge in [-0.2, -0.15) is 5.26 Å². The Morgan fingerprint density at radius 1 is 0.413 bits per heavy atom. The van der Waals surface area contributed by atoms with Gasteiger partial charge < -0.3 is 0 Å². The van der Waals surface area contributed by atoms with E-state index in [0.29, 0.717) is 5.56 Å². The Morgan fingerprint density at radius 3 is 1.54 bits per heavy atom. The standard InChI is InChI=1S/C42H26N4/c43-27-28-15-17-29(18-16-28)36-22-30-9-1-2-10-31(30)23-38(36)33-21-32-11-3-4-12-35(32)37(24-33)34-25-41(39-13-5-7-19-44-39)46-42(26-34)40-14-6-8-20-45-40/h1-26H. The van der Waals surface area contributed by atoms with Crippen molar-refractivity contribution in [3.05, 3.63) is 164 Å². The zero-order valence-electron chi connectivity index (χ0n) is 24.8. The molecule has 0 atom stereocenters. The van der Waals surface area contributed by atoms with Gasteiger partial charge in [0, 0.05) is 12.4 Å². The lowest BCUT2D eigenvalue weighted by Crippen LogP contribution is -1.95. The fraction of sp³-hybridized carbons (Fsp3) is 0. The summed E-state index contributed by atoms with van der Waals surface area (Å²) in [5, 5.41) is 14.1. The Balaban J connectivity index is 1.40. The second-order valence-electron chi connectivity index (χ2n) is 11.2. The van der Waals surface area contributed by atoms with Gasteiger partial charge in [0.25, 0.3) is 0 Å². The highest BCUT2D eigenvalue weighted by Gasteiger charge is 2.16. The van der Waals surface area contributed by atoms with E-state index in [0.717, 1.165) is 66.9 Å². The second kappa shape index (κ2) is 11.6. The predicted octanol–water partition coefficient (Wildman–Crippen LogP) is 10.4. The highest BCUT2D eigenvalue weighted by atomic mass is 14.8. The second-order valence-corrected chi connectivity index (χ2v) is 11.2. The van der Waals surface area contributed by atoms with Crippen molar-refractivity contribution in [1.29, 1.82) is 5.26 Å². The van der Waals surface area contributed by atoms with Gasteiger partial charge in [-0.15, -0.1) is 0 Å². The number of aromatic nitrogens is 3. The maximum atomic E-state index is 9.43. The van der Waals surface area contributed by atoms with E-state index in [1.54, 1.807) is 12.4 Å². The number of pyridine rings is 3. The minimum Gasteiger partial charge on any atom is -0.255 e.